The highest BCUT2D eigenvalue weighted by atomic mass is 32.2. The van der Waals surface area contributed by atoms with Gasteiger partial charge in [0.05, 0.1) is 11.6 Å². The van der Waals surface area contributed by atoms with Gasteiger partial charge in [-0.25, -0.2) is 18.2 Å². The van der Waals surface area contributed by atoms with Gasteiger partial charge in [-0.3, -0.25) is 14.6 Å². The van der Waals surface area contributed by atoms with Crippen molar-refractivity contribution in [2.24, 2.45) is 5.92 Å². The zero-order valence-electron chi connectivity index (χ0n) is 14.7. The molecule has 3 heterocycles. The van der Waals surface area contributed by atoms with Crippen LogP contribution in [0.4, 0.5) is 5.13 Å². The van der Waals surface area contributed by atoms with Gasteiger partial charge in [0.1, 0.15) is 0 Å². The number of hydrogen-bond acceptors (Lipinski definition) is 7. The number of piperidine rings is 1. The summed E-state index contributed by atoms with van der Waals surface area (Å²) in [5.41, 5.74) is -0.989. The van der Waals surface area contributed by atoms with Crippen LogP contribution in [-0.2, 0) is 14.8 Å². The van der Waals surface area contributed by atoms with E-state index >= 15 is 0 Å². The number of rotatable bonds is 4. The first-order valence-corrected chi connectivity index (χ1v) is 10.6. The molecule has 10 nitrogen and oxygen atoms in total. The van der Waals surface area contributed by atoms with E-state index < -0.39 is 32.1 Å². The van der Waals surface area contributed by atoms with Crippen molar-refractivity contribution >= 4 is 32.4 Å². The van der Waals surface area contributed by atoms with Gasteiger partial charge in [0.15, 0.2) is 10.0 Å². The molecule has 1 aliphatic rings. The number of carbonyl (C=O) groups excluding carboxylic acids is 1. The number of anilines is 1. The van der Waals surface area contributed by atoms with Crippen LogP contribution in [0.2, 0.25) is 0 Å². The van der Waals surface area contributed by atoms with Crippen molar-refractivity contribution in [3.63, 3.8) is 0 Å². The second-order valence-electron chi connectivity index (χ2n) is 6.35. The van der Waals surface area contributed by atoms with Crippen molar-refractivity contribution in [1.29, 1.82) is 0 Å². The molecule has 12 heteroatoms. The second kappa shape index (κ2) is 7.37. The van der Waals surface area contributed by atoms with E-state index in [-0.39, 0.29) is 24.7 Å². The van der Waals surface area contributed by atoms with Crippen molar-refractivity contribution in [2.45, 2.75) is 31.6 Å². The van der Waals surface area contributed by atoms with Crippen LogP contribution < -0.4 is 16.6 Å². The standard InChI is InChI=1S/C15H19N5O5S2/c1-8-7-26-15(16-8)19-12(21)10-4-3-5-20(6-10)27(24,25)11-9(2)17-14(23)18-13(11)22/h7,10H,3-6H2,1-2H3,(H,16,19,21)(H2,17,18,22,23)/t10-/m1/s1. The molecule has 0 bridgehead atoms. The van der Waals surface area contributed by atoms with Crippen LogP contribution >= 0.6 is 11.3 Å². The second-order valence-corrected chi connectivity index (χ2v) is 9.08. The number of sulfonamides is 1. The summed E-state index contributed by atoms with van der Waals surface area (Å²) in [5.74, 6) is -0.865. The predicted molar refractivity (Wildman–Crippen MR) is 99.4 cm³/mol. The van der Waals surface area contributed by atoms with Crippen molar-refractivity contribution in [3.05, 3.63) is 37.6 Å². The van der Waals surface area contributed by atoms with E-state index in [1.165, 1.54) is 18.3 Å². The van der Waals surface area contributed by atoms with E-state index in [0.29, 0.717) is 18.0 Å². The fraction of sp³-hybridized carbons (Fsp3) is 0.467. The molecular weight excluding hydrogens is 394 g/mol. The molecule has 3 N–H and O–H groups in total. The number of nitrogens with zero attached hydrogens (tertiary/aromatic N) is 2. The minimum absolute atomic E-state index is 0.0337. The molecule has 27 heavy (non-hydrogen) atoms. The third kappa shape index (κ3) is 4.01. The van der Waals surface area contributed by atoms with Crippen molar-refractivity contribution in [2.75, 3.05) is 18.4 Å². The first-order valence-electron chi connectivity index (χ1n) is 8.25. The number of thiazole rings is 1. The summed E-state index contributed by atoms with van der Waals surface area (Å²) in [6.07, 6.45) is 1.01. The Kier molecular flexibility index (Phi) is 5.31. The lowest BCUT2D eigenvalue weighted by Crippen LogP contribution is -2.45. The molecule has 1 aliphatic heterocycles. The molecule has 1 atom stereocenters. The molecule has 1 fully saturated rings. The maximum absolute atomic E-state index is 12.9. The van der Waals surface area contributed by atoms with Gasteiger partial charge in [-0.2, -0.15) is 4.31 Å². The minimum atomic E-state index is -4.15. The van der Waals surface area contributed by atoms with Gasteiger partial charge in [-0.1, -0.05) is 0 Å². The minimum Gasteiger partial charge on any atom is -0.310 e. The molecule has 0 spiro atoms. The van der Waals surface area contributed by atoms with Gasteiger partial charge < -0.3 is 10.3 Å². The molecule has 0 aromatic carbocycles. The Morgan fingerprint density at radius 3 is 2.70 bits per heavy atom. The summed E-state index contributed by atoms with van der Waals surface area (Å²) >= 11 is 1.30. The molecule has 2 aromatic heterocycles. The summed E-state index contributed by atoms with van der Waals surface area (Å²) < 4.78 is 26.9. The molecule has 2 aromatic rings. The van der Waals surface area contributed by atoms with Crippen molar-refractivity contribution in [1.82, 2.24) is 19.3 Å². The molecule has 0 aliphatic carbocycles. The maximum atomic E-state index is 12.9. The van der Waals surface area contributed by atoms with E-state index in [2.05, 4.69) is 15.3 Å². The third-order valence-electron chi connectivity index (χ3n) is 4.28. The topological polar surface area (TPSA) is 145 Å². The van der Waals surface area contributed by atoms with Gasteiger partial charge >= 0.3 is 5.69 Å². The van der Waals surface area contributed by atoms with Gasteiger partial charge in [0, 0.05) is 24.2 Å². The van der Waals surface area contributed by atoms with Crippen LogP contribution in [0.15, 0.2) is 19.9 Å². The summed E-state index contributed by atoms with van der Waals surface area (Å²) in [4.78, 5) is 43.7. The summed E-state index contributed by atoms with van der Waals surface area (Å²) in [7, 11) is -4.15. The molecule has 0 radical (unpaired) electrons. The predicted octanol–water partition coefficient (Wildman–Crippen LogP) is 0.176. The number of aromatic nitrogens is 3. The van der Waals surface area contributed by atoms with Gasteiger partial charge in [-0.15, -0.1) is 11.3 Å². The summed E-state index contributed by atoms with van der Waals surface area (Å²) in [6.45, 7) is 3.31. The molecule has 1 saturated heterocycles. The van der Waals surface area contributed by atoms with Crippen LogP contribution in [0.25, 0.3) is 0 Å². The monoisotopic (exact) mass is 413 g/mol. The first kappa shape index (κ1) is 19.5. The number of nitrogens with one attached hydrogen (secondary N) is 3. The Hall–Kier alpha value is -2.31. The highest BCUT2D eigenvalue weighted by Gasteiger charge is 2.36. The first-order chi connectivity index (χ1) is 12.7. The summed E-state index contributed by atoms with van der Waals surface area (Å²) in [6, 6.07) is 0. The van der Waals surface area contributed by atoms with E-state index in [1.807, 2.05) is 11.9 Å². The number of amides is 1. The maximum Gasteiger partial charge on any atom is 0.325 e. The largest absolute Gasteiger partial charge is 0.325 e. The van der Waals surface area contributed by atoms with E-state index in [0.717, 1.165) is 10.00 Å². The molecule has 0 saturated carbocycles. The lowest BCUT2D eigenvalue weighted by molar-refractivity contribution is -0.120. The molecule has 146 valence electrons. The Labute approximate surface area is 158 Å². The number of carbonyl (C=O) groups is 1. The van der Waals surface area contributed by atoms with E-state index in [4.69, 9.17) is 0 Å². The molecule has 1 amide bonds. The lowest BCUT2D eigenvalue weighted by atomic mass is 9.99. The Balaban J connectivity index is 1.82. The average molecular weight is 413 g/mol. The van der Waals surface area contributed by atoms with E-state index in [1.54, 1.807) is 5.38 Å². The van der Waals surface area contributed by atoms with E-state index in [9.17, 15) is 22.8 Å². The lowest BCUT2D eigenvalue weighted by Gasteiger charge is -2.31. The molecular formula is C15H19N5O5S2. The van der Waals surface area contributed by atoms with Crippen LogP contribution in [-0.4, -0.2) is 46.7 Å². The van der Waals surface area contributed by atoms with Gasteiger partial charge in [0.25, 0.3) is 5.56 Å². The Morgan fingerprint density at radius 2 is 2.07 bits per heavy atom. The van der Waals surface area contributed by atoms with Gasteiger partial charge in [-0.05, 0) is 26.7 Å². The quantitative estimate of drug-likeness (QED) is 0.652. The highest BCUT2D eigenvalue weighted by Crippen LogP contribution is 2.25. The van der Waals surface area contributed by atoms with Gasteiger partial charge in [0.2, 0.25) is 15.9 Å². The number of aryl methyl sites for hydroxylation is 2. The van der Waals surface area contributed by atoms with Crippen molar-refractivity contribution < 1.29 is 13.2 Å². The molecule has 3 rings (SSSR count). The number of hydrogen-bond donors (Lipinski definition) is 3. The number of H-pyrrole nitrogens is 2. The van der Waals surface area contributed by atoms with Crippen molar-refractivity contribution in [3.8, 4) is 0 Å². The zero-order chi connectivity index (χ0) is 19.8. The highest BCUT2D eigenvalue weighted by molar-refractivity contribution is 7.89. The third-order valence-corrected chi connectivity index (χ3v) is 7.17. The normalized spacial score (nSPS) is 18.4. The van der Waals surface area contributed by atoms with Crippen LogP contribution in [0, 0.1) is 19.8 Å². The SMILES string of the molecule is Cc1csc(NC(=O)[C@@H]2CCCN(S(=O)(=O)c3c(C)[nH]c(=O)[nH]c3=O)C2)n1. The van der Waals surface area contributed by atoms with Crippen LogP contribution in [0.3, 0.4) is 0 Å². The Morgan fingerprint density at radius 1 is 1.33 bits per heavy atom. The fourth-order valence-corrected chi connectivity index (χ4v) is 5.44. The van der Waals surface area contributed by atoms with Crippen LogP contribution in [0.1, 0.15) is 24.2 Å². The fourth-order valence-electron chi connectivity index (χ4n) is 3.02. The number of aromatic amines is 2. The Bertz CT molecular complexity index is 1080. The summed E-state index contributed by atoms with van der Waals surface area (Å²) in [5, 5.41) is 4.97. The average Bonchev–Trinajstić information content (AvgIpc) is 2.98. The molecule has 0 unspecified atom stereocenters. The smallest absolute Gasteiger partial charge is 0.310 e. The van der Waals surface area contributed by atoms with Crippen LogP contribution in [0.5, 0.6) is 0 Å². The zero-order valence-corrected chi connectivity index (χ0v) is 16.4.